The van der Waals surface area contributed by atoms with Gasteiger partial charge in [-0.3, -0.25) is 5.32 Å². The zero-order valence-corrected chi connectivity index (χ0v) is 20.5. The molecule has 5 unspecified atom stereocenters. The van der Waals surface area contributed by atoms with Crippen molar-refractivity contribution in [3.8, 4) is 0 Å². The van der Waals surface area contributed by atoms with E-state index in [1.165, 1.54) is 25.7 Å². The predicted octanol–water partition coefficient (Wildman–Crippen LogP) is 4.88. The van der Waals surface area contributed by atoms with Gasteiger partial charge in [-0.2, -0.15) is 5.11 Å². The molecule has 0 amide bonds. The fraction of sp³-hybridized carbons (Fsp3) is 0.957. The quantitative estimate of drug-likeness (QED) is 0.496. The van der Waals surface area contributed by atoms with Crippen LogP contribution in [0, 0.1) is 5.92 Å². The molecule has 1 saturated carbocycles. The Bertz CT molecular complexity index is 580. The van der Waals surface area contributed by atoms with Gasteiger partial charge in [0.05, 0.1) is 18.8 Å². The van der Waals surface area contributed by atoms with Crippen LogP contribution in [-0.4, -0.2) is 60.4 Å². The Kier molecular flexibility index (Phi) is 12.5. The van der Waals surface area contributed by atoms with Crippen LogP contribution in [0.15, 0.2) is 15.2 Å². The number of azo groups is 1. The molecular formula is C23H43N5O3S. The fourth-order valence-corrected chi connectivity index (χ4v) is 5.55. The van der Waals surface area contributed by atoms with Crippen molar-refractivity contribution >= 4 is 16.9 Å². The van der Waals surface area contributed by atoms with E-state index in [0.29, 0.717) is 5.92 Å². The molecule has 5 atom stereocenters. The van der Waals surface area contributed by atoms with Gasteiger partial charge in [0.25, 0.3) is 0 Å². The number of thioether (sulfide) groups is 1. The summed E-state index contributed by atoms with van der Waals surface area (Å²) in [7, 11) is 0. The number of rotatable bonds is 5. The van der Waals surface area contributed by atoms with E-state index in [1.54, 1.807) is 11.8 Å². The highest BCUT2D eigenvalue weighted by atomic mass is 32.2. The predicted molar refractivity (Wildman–Crippen MR) is 129 cm³/mol. The van der Waals surface area contributed by atoms with Crippen LogP contribution < -0.4 is 10.8 Å². The molecule has 1 aliphatic carbocycles. The van der Waals surface area contributed by atoms with Crippen molar-refractivity contribution in [2.75, 3.05) is 25.6 Å². The summed E-state index contributed by atoms with van der Waals surface area (Å²) in [5.74, 6) is 1.49. The molecule has 2 aliphatic heterocycles. The number of hydroxylamine groups is 1. The SMILES string of the molecule is CCCSC1=NCOC(C2CCC(C3CCCC(NO)C3)O2)NCCCCCCCN=N1. The molecule has 184 valence electrons. The molecule has 0 spiro atoms. The molecule has 0 bridgehead atoms. The number of ether oxygens (including phenoxy) is 2. The van der Waals surface area contributed by atoms with Gasteiger partial charge in [0.15, 0.2) is 0 Å². The molecule has 3 aliphatic rings. The first-order chi connectivity index (χ1) is 15.8. The van der Waals surface area contributed by atoms with Gasteiger partial charge in [-0.25, -0.2) is 10.5 Å². The lowest BCUT2D eigenvalue weighted by molar-refractivity contribution is -0.0966. The number of amidine groups is 1. The normalized spacial score (nSPS) is 33.9. The highest BCUT2D eigenvalue weighted by Gasteiger charge is 2.38. The first kappa shape index (κ1) is 26.0. The van der Waals surface area contributed by atoms with E-state index >= 15 is 0 Å². The van der Waals surface area contributed by atoms with Crippen molar-refractivity contribution in [3.05, 3.63) is 0 Å². The lowest BCUT2D eigenvalue weighted by atomic mass is 9.82. The van der Waals surface area contributed by atoms with Crippen LogP contribution in [0.4, 0.5) is 0 Å². The van der Waals surface area contributed by atoms with Gasteiger partial charge in [-0.05, 0) is 63.8 Å². The maximum Gasteiger partial charge on any atom is 0.206 e. The molecule has 8 nitrogen and oxygen atoms in total. The van der Waals surface area contributed by atoms with E-state index in [4.69, 9.17) is 9.47 Å². The first-order valence-electron chi connectivity index (χ1n) is 12.7. The van der Waals surface area contributed by atoms with E-state index in [9.17, 15) is 5.21 Å². The Morgan fingerprint density at radius 1 is 1.06 bits per heavy atom. The number of aliphatic imine (C=N–C) groups is 1. The summed E-state index contributed by atoms with van der Waals surface area (Å²) in [5.41, 5.74) is 2.48. The van der Waals surface area contributed by atoms with Gasteiger partial charge in [0.2, 0.25) is 5.17 Å². The van der Waals surface area contributed by atoms with Gasteiger partial charge >= 0.3 is 0 Å². The highest BCUT2D eigenvalue weighted by molar-refractivity contribution is 8.13. The first-order valence-corrected chi connectivity index (χ1v) is 13.7. The van der Waals surface area contributed by atoms with Crippen LogP contribution in [-0.2, 0) is 9.47 Å². The number of nitrogens with one attached hydrogen (secondary N) is 2. The zero-order chi connectivity index (χ0) is 22.4. The second-order valence-electron chi connectivity index (χ2n) is 9.24. The standard InChI is InChI=1S/C23H43N5O3S/c1-2-15-32-23-25-17-30-22(24-13-6-4-3-5-7-14-26-27-23)21-12-11-20(31-21)18-9-8-10-19(16-18)28-29/h18-22,24,28-29H,2-17H2,1H3. The van der Waals surface area contributed by atoms with Crippen molar-refractivity contribution < 1.29 is 14.7 Å². The Morgan fingerprint density at radius 3 is 2.78 bits per heavy atom. The molecule has 3 rings (SSSR count). The van der Waals surface area contributed by atoms with Crippen LogP contribution in [0.5, 0.6) is 0 Å². The molecule has 32 heavy (non-hydrogen) atoms. The topological polar surface area (TPSA) is 99.8 Å². The Labute approximate surface area is 197 Å². The van der Waals surface area contributed by atoms with Crippen LogP contribution in [0.1, 0.15) is 84.0 Å². The maximum atomic E-state index is 9.34. The van der Waals surface area contributed by atoms with Crippen molar-refractivity contribution in [2.45, 2.75) is 108 Å². The van der Waals surface area contributed by atoms with Crippen molar-refractivity contribution in [1.29, 1.82) is 0 Å². The summed E-state index contributed by atoms with van der Waals surface area (Å²) < 4.78 is 12.7. The van der Waals surface area contributed by atoms with Crippen molar-refractivity contribution in [3.63, 3.8) is 0 Å². The van der Waals surface area contributed by atoms with Crippen molar-refractivity contribution in [1.82, 2.24) is 10.8 Å². The minimum atomic E-state index is -0.154. The van der Waals surface area contributed by atoms with E-state index in [1.807, 2.05) is 0 Å². The third kappa shape index (κ3) is 8.99. The number of nitrogens with zero attached hydrogens (tertiary/aromatic N) is 3. The van der Waals surface area contributed by atoms with Gasteiger partial charge in [0.1, 0.15) is 13.0 Å². The van der Waals surface area contributed by atoms with E-state index in [0.717, 1.165) is 75.4 Å². The highest BCUT2D eigenvalue weighted by Crippen LogP contribution is 2.35. The third-order valence-corrected chi connectivity index (χ3v) is 7.75. The monoisotopic (exact) mass is 469 g/mol. The van der Waals surface area contributed by atoms with Crippen molar-refractivity contribution in [2.24, 2.45) is 21.1 Å². The Morgan fingerprint density at radius 2 is 1.91 bits per heavy atom. The molecule has 3 N–H and O–H groups in total. The summed E-state index contributed by atoms with van der Waals surface area (Å²) in [6, 6.07) is 0.201. The second kappa shape index (κ2) is 15.3. The van der Waals surface area contributed by atoms with Crippen LogP contribution >= 0.6 is 11.8 Å². The lowest BCUT2D eigenvalue weighted by Gasteiger charge is -2.32. The number of hydrogen-bond donors (Lipinski definition) is 3. The molecule has 9 heteroatoms. The summed E-state index contributed by atoms with van der Waals surface area (Å²) in [6.45, 7) is 4.14. The minimum Gasteiger partial charge on any atom is -0.371 e. The van der Waals surface area contributed by atoms with Crippen LogP contribution in [0.3, 0.4) is 0 Å². The van der Waals surface area contributed by atoms with Gasteiger partial charge in [-0.1, -0.05) is 44.4 Å². The zero-order valence-electron chi connectivity index (χ0n) is 19.7. The Hall–Kier alpha value is -0.580. The van der Waals surface area contributed by atoms with Crippen LogP contribution in [0.25, 0.3) is 0 Å². The fourth-order valence-electron chi connectivity index (χ4n) is 4.90. The van der Waals surface area contributed by atoms with E-state index in [2.05, 4.69) is 32.9 Å². The largest absolute Gasteiger partial charge is 0.371 e. The summed E-state index contributed by atoms with van der Waals surface area (Å²) in [5, 5.41) is 22.4. The average Bonchev–Trinajstić information content (AvgIpc) is 3.31. The van der Waals surface area contributed by atoms with Gasteiger partial charge < -0.3 is 14.7 Å². The lowest BCUT2D eigenvalue weighted by Crippen LogP contribution is -2.43. The molecule has 0 aromatic rings. The molecule has 2 fully saturated rings. The van der Waals surface area contributed by atoms with E-state index in [-0.39, 0.29) is 31.2 Å². The Balaban J connectivity index is 1.57. The molecule has 0 aromatic carbocycles. The second-order valence-corrected chi connectivity index (χ2v) is 10.3. The molecular weight excluding hydrogens is 426 g/mol. The summed E-state index contributed by atoms with van der Waals surface area (Å²) in [6.07, 6.45) is 13.5. The van der Waals surface area contributed by atoms with Crippen LogP contribution in [0.2, 0.25) is 0 Å². The smallest absolute Gasteiger partial charge is 0.206 e. The number of hydrogen-bond acceptors (Lipinski definition) is 9. The summed E-state index contributed by atoms with van der Waals surface area (Å²) in [4.78, 5) is 4.59. The van der Waals surface area contributed by atoms with Gasteiger partial charge in [0, 0.05) is 11.8 Å². The van der Waals surface area contributed by atoms with Gasteiger partial charge in [-0.15, -0.1) is 5.11 Å². The average molecular weight is 470 g/mol. The maximum absolute atomic E-state index is 9.34. The molecule has 0 radical (unpaired) electrons. The molecule has 2 heterocycles. The minimum absolute atomic E-state index is 0.0433. The third-order valence-electron chi connectivity index (χ3n) is 6.67. The molecule has 1 saturated heterocycles. The van der Waals surface area contributed by atoms with E-state index < -0.39 is 0 Å². The molecule has 0 aromatic heterocycles. The summed E-state index contributed by atoms with van der Waals surface area (Å²) >= 11 is 1.65.